The zero-order chi connectivity index (χ0) is 73.4. The highest BCUT2D eigenvalue weighted by molar-refractivity contribution is 6.36. The van der Waals surface area contributed by atoms with Crippen LogP contribution in [0.25, 0.3) is 164 Å². The third-order valence-corrected chi connectivity index (χ3v) is 23.8. The first-order chi connectivity index (χ1) is 54.8. The molecule has 0 radical (unpaired) electrons. The minimum absolute atomic E-state index is 0.0708. The lowest BCUT2D eigenvalue weighted by atomic mass is 9.82. The molecule has 4 heteroatoms. The van der Waals surface area contributed by atoms with E-state index in [0.29, 0.717) is 0 Å². The molecular weight excluding hydrogens is 1340 g/mol. The lowest BCUT2D eigenvalue weighted by molar-refractivity contribution is 0.660. The third kappa shape index (κ3) is 10.1. The summed E-state index contributed by atoms with van der Waals surface area (Å²) in [7, 11) is 0. The molecule has 0 amide bonds. The molecule has 0 fully saturated rings. The average Bonchev–Trinajstić information content (AvgIpc) is 1.62. The number of para-hydroxylation sites is 6. The summed E-state index contributed by atoms with van der Waals surface area (Å²) in [6, 6.07) is 147. The fourth-order valence-corrected chi connectivity index (χ4v) is 18.8. The van der Waals surface area contributed by atoms with Gasteiger partial charge in [0.1, 0.15) is 0 Å². The molecule has 0 unspecified atom stereocenters. The van der Waals surface area contributed by atoms with Crippen LogP contribution in [0.1, 0.15) is 25.0 Å². The second-order valence-corrected chi connectivity index (χ2v) is 30.2. The van der Waals surface area contributed by atoms with Crippen LogP contribution in [0.15, 0.2) is 400 Å². The molecule has 20 aromatic carbocycles. The van der Waals surface area contributed by atoms with Crippen molar-refractivity contribution in [2.75, 3.05) is 9.80 Å². The Morgan fingerprint density at radius 3 is 1.01 bits per heavy atom. The molecule has 23 rings (SSSR count). The zero-order valence-corrected chi connectivity index (χ0v) is 61.4. The molecule has 0 spiro atoms. The van der Waals surface area contributed by atoms with Crippen LogP contribution in [0.2, 0.25) is 0 Å². The van der Waals surface area contributed by atoms with E-state index >= 15 is 0 Å². The first-order valence-electron chi connectivity index (χ1n) is 38.5. The van der Waals surface area contributed by atoms with Crippen molar-refractivity contribution in [3.63, 3.8) is 0 Å². The van der Waals surface area contributed by atoms with Crippen molar-refractivity contribution in [1.29, 1.82) is 0 Å². The van der Waals surface area contributed by atoms with Gasteiger partial charge >= 0.3 is 0 Å². The summed E-state index contributed by atoms with van der Waals surface area (Å²) in [6.45, 7) is 4.73. The Morgan fingerprint density at radius 2 is 0.532 bits per heavy atom. The van der Waals surface area contributed by atoms with Crippen molar-refractivity contribution >= 4 is 142 Å². The molecule has 0 bridgehead atoms. The van der Waals surface area contributed by atoms with Gasteiger partial charge in [-0.3, -0.25) is 0 Å². The van der Waals surface area contributed by atoms with Gasteiger partial charge < -0.3 is 18.9 Å². The van der Waals surface area contributed by atoms with Crippen LogP contribution in [0.5, 0.6) is 0 Å². The molecule has 0 N–H and O–H groups in total. The zero-order valence-electron chi connectivity index (χ0n) is 61.4. The predicted molar refractivity (Wildman–Crippen MR) is 472 cm³/mol. The number of rotatable bonds is 11. The fourth-order valence-electron chi connectivity index (χ4n) is 18.8. The van der Waals surface area contributed by atoms with Crippen molar-refractivity contribution in [2.45, 2.75) is 19.3 Å². The van der Waals surface area contributed by atoms with Crippen LogP contribution in [0.3, 0.4) is 0 Å². The number of benzene rings is 20. The van der Waals surface area contributed by atoms with Crippen LogP contribution >= 0.6 is 0 Å². The van der Waals surface area contributed by atoms with E-state index in [9.17, 15) is 0 Å². The lowest BCUT2D eigenvalue weighted by Gasteiger charge is -2.25. The molecular formula is C107H72N4. The summed E-state index contributed by atoms with van der Waals surface area (Å²) in [4.78, 5) is 4.63. The number of hydrogen-bond donors (Lipinski definition) is 0. The summed E-state index contributed by atoms with van der Waals surface area (Å²) in [6.07, 6.45) is 0. The van der Waals surface area contributed by atoms with E-state index in [1.54, 1.807) is 0 Å². The van der Waals surface area contributed by atoms with E-state index < -0.39 is 0 Å². The van der Waals surface area contributed by atoms with Gasteiger partial charge in [0.2, 0.25) is 0 Å². The summed E-state index contributed by atoms with van der Waals surface area (Å²) < 4.78 is 4.94. The topological polar surface area (TPSA) is 16.3 Å². The molecule has 2 heterocycles. The largest absolute Gasteiger partial charge is 0.311 e. The number of hydrogen-bond acceptors (Lipinski definition) is 2. The summed E-state index contributed by atoms with van der Waals surface area (Å²) in [5.41, 5.74) is 26.9. The molecule has 1 aliphatic rings. The second-order valence-electron chi connectivity index (χ2n) is 30.2. The molecule has 0 atom stereocenters. The monoisotopic (exact) mass is 1410 g/mol. The minimum atomic E-state index is -0.0708. The van der Waals surface area contributed by atoms with E-state index in [4.69, 9.17) is 0 Å². The van der Waals surface area contributed by atoms with Crippen molar-refractivity contribution in [3.8, 4) is 55.9 Å². The van der Waals surface area contributed by atoms with Crippen molar-refractivity contribution < 1.29 is 0 Å². The average molecular weight is 1410 g/mol. The maximum Gasteiger partial charge on any atom is 0.0553 e. The first kappa shape index (κ1) is 63.9. The van der Waals surface area contributed by atoms with Gasteiger partial charge in [-0.25, -0.2) is 0 Å². The van der Waals surface area contributed by atoms with Crippen LogP contribution < -0.4 is 9.80 Å². The lowest BCUT2D eigenvalue weighted by Crippen LogP contribution is -2.15. The van der Waals surface area contributed by atoms with Gasteiger partial charge in [0.05, 0.1) is 22.1 Å². The molecule has 520 valence electrons. The highest BCUT2D eigenvalue weighted by Gasteiger charge is 2.36. The molecule has 4 nitrogen and oxygen atoms in total. The number of fused-ring (bicyclic) bond motifs is 11. The molecule has 0 saturated heterocycles. The van der Waals surface area contributed by atoms with E-state index in [0.717, 1.165) is 39.8 Å². The number of aromatic nitrogens is 2. The Labute approximate surface area is 643 Å². The van der Waals surface area contributed by atoms with Gasteiger partial charge in [-0.1, -0.05) is 293 Å². The van der Waals surface area contributed by atoms with Gasteiger partial charge in [-0.2, -0.15) is 0 Å². The summed E-state index contributed by atoms with van der Waals surface area (Å²) in [5.74, 6) is 0. The Balaban J connectivity index is 0.000000137. The Morgan fingerprint density at radius 1 is 0.198 bits per heavy atom. The molecule has 2 aromatic heterocycles. The number of nitrogens with zero attached hydrogens (tertiary/aromatic N) is 4. The summed E-state index contributed by atoms with van der Waals surface area (Å²) in [5, 5.41) is 20.7. The molecule has 0 saturated carbocycles. The maximum absolute atomic E-state index is 2.50. The van der Waals surface area contributed by atoms with E-state index in [-0.39, 0.29) is 5.41 Å². The second kappa shape index (κ2) is 25.4. The van der Waals surface area contributed by atoms with Gasteiger partial charge in [-0.05, 0) is 242 Å². The molecule has 1 aliphatic carbocycles. The van der Waals surface area contributed by atoms with Crippen molar-refractivity contribution in [3.05, 3.63) is 412 Å². The normalized spacial score (nSPS) is 12.5. The van der Waals surface area contributed by atoms with Crippen molar-refractivity contribution in [1.82, 2.24) is 9.13 Å². The maximum atomic E-state index is 2.50. The van der Waals surface area contributed by atoms with Gasteiger partial charge in [-0.15, -0.1) is 0 Å². The Kier molecular flexibility index (Phi) is 14.6. The Bertz CT molecular complexity index is 7270. The van der Waals surface area contributed by atoms with Crippen molar-refractivity contribution in [2.24, 2.45) is 0 Å². The van der Waals surface area contributed by atoms with E-state index in [1.165, 1.54) is 170 Å². The molecule has 111 heavy (non-hydrogen) atoms. The Hall–Kier alpha value is -14.3. The highest BCUT2D eigenvalue weighted by Crippen LogP contribution is 2.52. The molecule has 22 aromatic rings. The third-order valence-electron chi connectivity index (χ3n) is 23.8. The quantitative estimate of drug-likeness (QED) is 0.120. The highest BCUT2D eigenvalue weighted by atomic mass is 15.1. The standard InChI is InChI=1S/C55H38N2.C52H34N2/c1-55(2)48-19-11-9-17-43(48)44-30-28-41(34-49(44)55)57-50-20-12-10-18-46(50)54-47-32-31-45-42(29-25-36-21-22-37(33-51(54)57)53(47)52(36)45)35-23-26-40(27-24-35)56(38-13-5-3-6-14-38)39-15-7-4-8-16-39;1-4-12-35(13-5-1)36-22-27-43(28-23-36)54-48-19-11-10-18-46(48)52-47-33-32-45-44(31-26-38-20-21-39(34-49(52)54)51(47)50(38)45)37-24-29-42(30-25-37)53(40-14-6-2-7-15-40)41-16-8-3-9-17-41/h3-34H,1-2H3;1-34H. The van der Waals surface area contributed by atoms with Gasteiger partial charge in [0, 0.05) is 72.5 Å². The fraction of sp³-hybridized carbons (Fsp3) is 0.0280. The van der Waals surface area contributed by atoms with Crippen LogP contribution in [0, 0.1) is 0 Å². The minimum Gasteiger partial charge on any atom is -0.311 e. The van der Waals surface area contributed by atoms with Crippen LogP contribution in [0.4, 0.5) is 34.1 Å². The molecule has 0 aliphatic heterocycles. The van der Waals surface area contributed by atoms with Gasteiger partial charge in [0.15, 0.2) is 0 Å². The SMILES string of the molecule is CC1(C)c2ccccc2-c2ccc(-n3c4ccccc4c4c5ccc6c(-c7ccc(N(c8ccccc8)c8ccccc8)cc7)ccc7ccc(cc43)c5c76)cc21.c1ccc(-c2ccc(-n3c4ccccc4c4c5ccc6c(-c7ccc(N(c8ccccc8)c8ccccc8)cc7)ccc7ccc(cc43)c5c76)cc2)cc1. The summed E-state index contributed by atoms with van der Waals surface area (Å²) >= 11 is 0. The van der Waals surface area contributed by atoms with Crippen LogP contribution in [-0.2, 0) is 5.41 Å². The van der Waals surface area contributed by atoms with E-state index in [1.807, 2.05) is 0 Å². The van der Waals surface area contributed by atoms with E-state index in [2.05, 4.69) is 433 Å². The predicted octanol–water partition coefficient (Wildman–Crippen LogP) is 29.6. The smallest absolute Gasteiger partial charge is 0.0553 e. The first-order valence-corrected chi connectivity index (χ1v) is 38.5. The van der Waals surface area contributed by atoms with Crippen LogP contribution in [-0.4, -0.2) is 9.13 Å². The number of anilines is 6. The van der Waals surface area contributed by atoms with Gasteiger partial charge in [0.25, 0.3) is 0 Å².